The molecule has 1 aliphatic heterocycles. The second kappa shape index (κ2) is 5.79. The zero-order chi connectivity index (χ0) is 13.8. The molecule has 1 aliphatic rings. The van der Waals surface area contributed by atoms with E-state index >= 15 is 0 Å². The van der Waals surface area contributed by atoms with Crippen molar-refractivity contribution in [3.63, 3.8) is 0 Å². The second-order valence-electron chi connectivity index (χ2n) is 4.75. The number of benzene rings is 1. The molecule has 102 valence electrons. The summed E-state index contributed by atoms with van der Waals surface area (Å²) < 4.78 is 0. The first-order chi connectivity index (χ1) is 9.06. The fraction of sp³-hybridized carbons (Fsp3) is 0.462. The maximum Gasteiger partial charge on any atom is 0.269 e. The number of nitrogens with zero attached hydrogens (tertiary/aromatic N) is 4. The largest absolute Gasteiger partial charge is 0.303 e. The molecule has 0 amide bonds. The van der Waals surface area contributed by atoms with Crippen molar-refractivity contribution in [3.05, 3.63) is 39.9 Å². The van der Waals surface area contributed by atoms with E-state index in [2.05, 4.69) is 22.1 Å². The number of piperazine rings is 1. The Labute approximate surface area is 112 Å². The standard InChI is InChI=1S/C13H18N4O2/c1-11(14-16-9-7-15(2)8-10-16)12-3-5-13(6-4-12)17(18)19/h3-6H,7-10H2,1-2H3/b14-11+. The summed E-state index contributed by atoms with van der Waals surface area (Å²) in [4.78, 5) is 12.5. The summed E-state index contributed by atoms with van der Waals surface area (Å²) in [5.74, 6) is 0. The van der Waals surface area contributed by atoms with Crippen molar-refractivity contribution in [1.29, 1.82) is 0 Å². The topological polar surface area (TPSA) is 62.0 Å². The van der Waals surface area contributed by atoms with Crippen LogP contribution < -0.4 is 0 Å². The Morgan fingerprint density at radius 1 is 1.21 bits per heavy atom. The zero-order valence-corrected chi connectivity index (χ0v) is 11.2. The molecule has 0 atom stereocenters. The number of nitro benzene ring substituents is 1. The molecule has 2 rings (SSSR count). The minimum absolute atomic E-state index is 0.108. The minimum Gasteiger partial charge on any atom is -0.303 e. The van der Waals surface area contributed by atoms with Crippen LogP contribution in [0.1, 0.15) is 12.5 Å². The van der Waals surface area contributed by atoms with Crippen LogP contribution in [0.5, 0.6) is 0 Å². The van der Waals surface area contributed by atoms with E-state index < -0.39 is 4.92 Å². The first-order valence-electron chi connectivity index (χ1n) is 6.30. The summed E-state index contributed by atoms with van der Waals surface area (Å²) >= 11 is 0. The van der Waals surface area contributed by atoms with Crippen molar-refractivity contribution in [1.82, 2.24) is 9.91 Å². The highest BCUT2D eigenvalue weighted by Gasteiger charge is 2.12. The fourth-order valence-corrected chi connectivity index (χ4v) is 1.99. The third kappa shape index (κ3) is 3.51. The Hall–Kier alpha value is -1.95. The third-order valence-corrected chi connectivity index (χ3v) is 3.27. The van der Waals surface area contributed by atoms with Crippen molar-refractivity contribution in [3.8, 4) is 0 Å². The van der Waals surface area contributed by atoms with Crippen molar-refractivity contribution in [2.75, 3.05) is 33.2 Å². The Morgan fingerprint density at radius 2 is 1.79 bits per heavy atom. The molecule has 0 saturated carbocycles. The van der Waals surface area contributed by atoms with E-state index in [1.54, 1.807) is 12.1 Å². The van der Waals surface area contributed by atoms with Crippen LogP contribution in [-0.2, 0) is 0 Å². The van der Waals surface area contributed by atoms with Gasteiger partial charge in [-0.3, -0.25) is 15.1 Å². The van der Waals surface area contributed by atoms with Crippen molar-refractivity contribution in [2.45, 2.75) is 6.92 Å². The summed E-state index contributed by atoms with van der Waals surface area (Å²) in [5, 5.41) is 17.2. The van der Waals surface area contributed by atoms with Gasteiger partial charge in [0.15, 0.2) is 0 Å². The molecule has 0 aliphatic carbocycles. The maximum absolute atomic E-state index is 10.6. The highest BCUT2D eigenvalue weighted by molar-refractivity contribution is 5.98. The highest BCUT2D eigenvalue weighted by Crippen LogP contribution is 2.13. The highest BCUT2D eigenvalue weighted by atomic mass is 16.6. The lowest BCUT2D eigenvalue weighted by molar-refractivity contribution is -0.384. The average Bonchev–Trinajstić information content (AvgIpc) is 2.41. The molecule has 0 bridgehead atoms. The van der Waals surface area contributed by atoms with Crippen LogP contribution >= 0.6 is 0 Å². The maximum atomic E-state index is 10.6. The van der Waals surface area contributed by atoms with Gasteiger partial charge in [-0.1, -0.05) is 0 Å². The van der Waals surface area contributed by atoms with Gasteiger partial charge in [-0.25, -0.2) is 0 Å². The summed E-state index contributed by atoms with van der Waals surface area (Å²) in [7, 11) is 2.10. The lowest BCUT2D eigenvalue weighted by atomic mass is 10.1. The number of likely N-dealkylation sites (N-methyl/N-ethyl adjacent to an activating group) is 1. The summed E-state index contributed by atoms with van der Waals surface area (Å²) in [6.45, 7) is 5.79. The van der Waals surface area contributed by atoms with Gasteiger partial charge in [-0.2, -0.15) is 5.10 Å². The van der Waals surface area contributed by atoms with Gasteiger partial charge in [0, 0.05) is 38.3 Å². The smallest absolute Gasteiger partial charge is 0.269 e. The second-order valence-corrected chi connectivity index (χ2v) is 4.75. The third-order valence-electron chi connectivity index (χ3n) is 3.27. The van der Waals surface area contributed by atoms with Crippen molar-refractivity contribution < 1.29 is 4.92 Å². The number of nitro groups is 1. The Bertz CT molecular complexity index is 476. The van der Waals surface area contributed by atoms with Crippen LogP contribution in [0.15, 0.2) is 29.4 Å². The summed E-state index contributed by atoms with van der Waals surface area (Å²) in [6.07, 6.45) is 0. The number of hydrogen-bond donors (Lipinski definition) is 0. The van der Waals surface area contributed by atoms with Gasteiger partial charge in [0.25, 0.3) is 5.69 Å². The predicted molar refractivity (Wildman–Crippen MR) is 74.4 cm³/mol. The first-order valence-corrected chi connectivity index (χ1v) is 6.30. The minimum atomic E-state index is -0.392. The molecule has 19 heavy (non-hydrogen) atoms. The Balaban J connectivity index is 2.06. The average molecular weight is 262 g/mol. The molecule has 0 N–H and O–H groups in total. The van der Waals surface area contributed by atoms with Gasteiger partial charge in [0.2, 0.25) is 0 Å². The molecule has 1 aromatic carbocycles. The van der Waals surface area contributed by atoms with E-state index in [9.17, 15) is 10.1 Å². The van der Waals surface area contributed by atoms with Crippen molar-refractivity contribution >= 4 is 11.4 Å². The van der Waals surface area contributed by atoms with Crippen LogP contribution in [0.25, 0.3) is 0 Å². The normalized spacial score (nSPS) is 17.6. The molecule has 0 radical (unpaired) electrons. The van der Waals surface area contributed by atoms with Crippen LogP contribution in [0.2, 0.25) is 0 Å². The van der Waals surface area contributed by atoms with E-state index in [-0.39, 0.29) is 5.69 Å². The van der Waals surface area contributed by atoms with Gasteiger partial charge in [-0.05, 0) is 31.7 Å². The summed E-state index contributed by atoms with van der Waals surface area (Å²) in [6, 6.07) is 6.51. The van der Waals surface area contributed by atoms with Gasteiger partial charge in [-0.15, -0.1) is 0 Å². The molecule has 1 fully saturated rings. The number of hydrazone groups is 1. The zero-order valence-electron chi connectivity index (χ0n) is 11.2. The molecule has 6 heteroatoms. The molecule has 0 aromatic heterocycles. The quantitative estimate of drug-likeness (QED) is 0.471. The molecule has 0 unspecified atom stereocenters. The van der Waals surface area contributed by atoms with Crippen LogP contribution in [-0.4, -0.2) is 53.8 Å². The van der Waals surface area contributed by atoms with Gasteiger partial charge in [0.1, 0.15) is 0 Å². The fourth-order valence-electron chi connectivity index (χ4n) is 1.99. The molecule has 1 saturated heterocycles. The lowest BCUT2D eigenvalue weighted by Gasteiger charge is -2.30. The monoisotopic (exact) mass is 262 g/mol. The van der Waals surface area contributed by atoms with Gasteiger partial charge >= 0.3 is 0 Å². The van der Waals surface area contributed by atoms with E-state index in [4.69, 9.17) is 0 Å². The first kappa shape index (κ1) is 13.5. The number of non-ortho nitro benzene ring substituents is 1. The number of rotatable bonds is 3. The Morgan fingerprint density at radius 3 is 2.32 bits per heavy atom. The van der Waals surface area contributed by atoms with E-state index in [0.29, 0.717) is 0 Å². The van der Waals surface area contributed by atoms with Crippen LogP contribution in [0, 0.1) is 10.1 Å². The molecular formula is C13H18N4O2. The van der Waals surface area contributed by atoms with E-state index in [0.717, 1.165) is 37.5 Å². The number of hydrogen-bond acceptors (Lipinski definition) is 5. The molecule has 1 aromatic rings. The molecule has 6 nitrogen and oxygen atoms in total. The van der Waals surface area contributed by atoms with Crippen molar-refractivity contribution in [2.24, 2.45) is 5.10 Å². The predicted octanol–water partition coefficient (Wildman–Crippen LogP) is 1.57. The van der Waals surface area contributed by atoms with Crippen LogP contribution in [0.3, 0.4) is 0 Å². The van der Waals surface area contributed by atoms with Crippen LogP contribution in [0.4, 0.5) is 5.69 Å². The molecular weight excluding hydrogens is 244 g/mol. The molecule has 0 spiro atoms. The van der Waals surface area contributed by atoms with E-state index in [1.807, 2.05) is 6.92 Å². The SMILES string of the molecule is C/C(=N\N1CCN(C)CC1)c1ccc([N+](=O)[O-])cc1. The lowest BCUT2D eigenvalue weighted by Crippen LogP contribution is -2.42. The van der Waals surface area contributed by atoms with Gasteiger partial charge < -0.3 is 4.90 Å². The Kier molecular flexibility index (Phi) is 4.11. The summed E-state index contributed by atoms with van der Waals surface area (Å²) in [5.41, 5.74) is 1.92. The van der Waals surface area contributed by atoms with Gasteiger partial charge in [0.05, 0.1) is 10.6 Å². The van der Waals surface area contributed by atoms with E-state index in [1.165, 1.54) is 12.1 Å². The molecule has 1 heterocycles.